The maximum atomic E-state index is 13.8. The highest BCUT2D eigenvalue weighted by Gasteiger charge is 2.12. The molecule has 1 aromatic heterocycles. The second-order valence-corrected chi connectivity index (χ2v) is 3.88. The fourth-order valence-electron chi connectivity index (χ4n) is 1.72. The molecule has 0 radical (unpaired) electrons. The summed E-state index contributed by atoms with van der Waals surface area (Å²) >= 11 is 0. The van der Waals surface area contributed by atoms with Crippen LogP contribution in [0, 0.1) is 12.7 Å². The number of aromatic nitrogens is 1. The maximum Gasteiger partial charge on any atom is 0.337 e. The van der Waals surface area contributed by atoms with E-state index in [1.54, 1.807) is 18.5 Å². The van der Waals surface area contributed by atoms with Crippen molar-refractivity contribution in [3.8, 4) is 11.1 Å². The van der Waals surface area contributed by atoms with Crippen molar-refractivity contribution in [2.75, 3.05) is 7.11 Å². The fraction of sp³-hybridized carbons (Fsp3) is 0.143. The predicted molar refractivity (Wildman–Crippen MR) is 65.7 cm³/mol. The van der Waals surface area contributed by atoms with Gasteiger partial charge in [0, 0.05) is 23.5 Å². The molecule has 92 valence electrons. The second kappa shape index (κ2) is 4.96. The van der Waals surface area contributed by atoms with Crippen molar-refractivity contribution in [3.63, 3.8) is 0 Å². The van der Waals surface area contributed by atoms with Crippen LogP contribution in [0.2, 0.25) is 0 Å². The SMILES string of the molecule is COC(=O)c1ccc(F)c(-c2cnccc2C)c1. The van der Waals surface area contributed by atoms with E-state index >= 15 is 0 Å². The Hall–Kier alpha value is -2.23. The molecule has 0 N–H and O–H groups in total. The molecule has 0 unspecified atom stereocenters. The summed E-state index contributed by atoms with van der Waals surface area (Å²) < 4.78 is 18.4. The Labute approximate surface area is 104 Å². The van der Waals surface area contributed by atoms with Gasteiger partial charge in [-0.15, -0.1) is 0 Å². The third-order valence-electron chi connectivity index (χ3n) is 2.72. The first-order valence-corrected chi connectivity index (χ1v) is 5.42. The molecule has 4 heteroatoms. The van der Waals surface area contributed by atoms with E-state index in [4.69, 9.17) is 0 Å². The van der Waals surface area contributed by atoms with E-state index < -0.39 is 11.8 Å². The number of rotatable bonds is 2. The Morgan fingerprint density at radius 3 is 2.72 bits per heavy atom. The molecule has 0 aliphatic carbocycles. The Bertz CT molecular complexity index is 596. The van der Waals surface area contributed by atoms with Crippen LogP contribution in [-0.2, 0) is 4.74 Å². The number of carbonyl (C=O) groups excluding carboxylic acids is 1. The quantitative estimate of drug-likeness (QED) is 0.763. The van der Waals surface area contributed by atoms with E-state index in [0.717, 1.165) is 5.56 Å². The monoisotopic (exact) mass is 245 g/mol. The van der Waals surface area contributed by atoms with Crippen molar-refractivity contribution in [1.82, 2.24) is 4.98 Å². The van der Waals surface area contributed by atoms with E-state index in [2.05, 4.69) is 9.72 Å². The van der Waals surface area contributed by atoms with Gasteiger partial charge in [-0.3, -0.25) is 4.98 Å². The van der Waals surface area contributed by atoms with Gasteiger partial charge in [-0.25, -0.2) is 9.18 Å². The van der Waals surface area contributed by atoms with Crippen LogP contribution in [0.3, 0.4) is 0 Å². The summed E-state index contributed by atoms with van der Waals surface area (Å²) in [4.78, 5) is 15.4. The third kappa shape index (κ3) is 2.22. The van der Waals surface area contributed by atoms with Gasteiger partial charge >= 0.3 is 5.97 Å². The van der Waals surface area contributed by atoms with Crippen molar-refractivity contribution in [2.24, 2.45) is 0 Å². The normalized spacial score (nSPS) is 10.2. The van der Waals surface area contributed by atoms with Crippen LogP contribution in [0.25, 0.3) is 11.1 Å². The summed E-state index contributed by atoms with van der Waals surface area (Å²) in [6.07, 6.45) is 3.22. The lowest BCUT2D eigenvalue weighted by molar-refractivity contribution is 0.0600. The molecular formula is C14H12FNO2. The summed E-state index contributed by atoms with van der Waals surface area (Å²) in [5, 5.41) is 0. The lowest BCUT2D eigenvalue weighted by Crippen LogP contribution is -2.02. The first-order valence-electron chi connectivity index (χ1n) is 5.42. The zero-order valence-corrected chi connectivity index (χ0v) is 10.1. The molecule has 3 nitrogen and oxygen atoms in total. The fourth-order valence-corrected chi connectivity index (χ4v) is 1.72. The standard InChI is InChI=1S/C14H12FNO2/c1-9-5-6-16-8-12(9)11-7-10(14(17)18-2)3-4-13(11)15/h3-8H,1-2H3. The number of methoxy groups -OCH3 is 1. The number of hydrogen-bond donors (Lipinski definition) is 0. The Balaban J connectivity index is 2.57. The van der Waals surface area contributed by atoms with Gasteiger partial charge in [-0.05, 0) is 36.8 Å². The Morgan fingerprint density at radius 2 is 2.06 bits per heavy atom. The molecule has 0 spiro atoms. The van der Waals surface area contributed by atoms with Crippen molar-refractivity contribution in [1.29, 1.82) is 0 Å². The first-order chi connectivity index (χ1) is 8.63. The number of ether oxygens (including phenoxy) is 1. The molecule has 0 fully saturated rings. The van der Waals surface area contributed by atoms with Crippen LogP contribution in [0.4, 0.5) is 4.39 Å². The molecule has 0 amide bonds. The van der Waals surface area contributed by atoms with E-state index in [1.807, 2.05) is 6.92 Å². The summed E-state index contributed by atoms with van der Waals surface area (Å²) in [5.74, 6) is -0.878. The molecular weight excluding hydrogens is 233 g/mol. The molecule has 2 aromatic rings. The average Bonchev–Trinajstić information content (AvgIpc) is 2.39. The van der Waals surface area contributed by atoms with Gasteiger partial charge in [-0.1, -0.05) is 0 Å². The molecule has 0 bridgehead atoms. The molecule has 0 atom stereocenters. The number of benzene rings is 1. The summed E-state index contributed by atoms with van der Waals surface area (Å²) in [7, 11) is 1.29. The molecule has 0 aliphatic rings. The minimum atomic E-state index is -0.488. The van der Waals surface area contributed by atoms with Crippen LogP contribution in [0.1, 0.15) is 15.9 Å². The lowest BCUT2D eigenvalue weighted by atomic mass is 10.0. The average molecular weight is 245 g/mol. The van der Waals surface area contributed by atoms with E-state index in [-0.39, 0.29) is 0 Å². The number of nitrogens with zero attached hydrogens (tertiary/aromatic N) is 1. The van der Waals surface area contributed by atoms with Gasteiger partial charge in [0.15, 0.2) is 0 Å². The van der Waals surface area contributed by atoms with Gasteiger partial charge < -0.3 is 4.74 Å². The predicted octanol–water partition coefficient (Wildman–Crippen LogP) is 2.98. The summed E-state index contributed by atoms with van der Waals surface area (Å²) in [6, 6.07) is 5.93. The van der Waals surface area contributed by atoms with Gasteiger partial charge in [0.05, 0.1) is 12.7 Å². The first kappa shape index (κ1) is 12.2. The van der Waals surface area contributed by atoms with Crippen LogP contribution in [-0.4, -0.2) is 18.1 Å². The van der Waals surface area contributed by atoms with Crippen molar-refractivity contribution in [2.45, 2.75) is 6.92 Å². The molecule has 1 aromatic carbocycles. The van der Waals surface area contributed by atoms with Gasteiger partial charge in [-0.2, -0.15) is 0 Å². The molecule has 18 heavy (non-hydrogen) atoms. The van der Waals surface area contributed by atoms with Gasteiger partial charge in [0.25, 0.3) is 0 Å². The highest BCUT2D eigenvalue weighted by atomic mass is 19.1. The minimum Gasteiger partial charge on any atom is -0.465 e. The number of carbonyl (C=O) groups is 1. The summed E-state index contributed by atoms with van der Waals surface area (Å²) in [6.45, 7) is 1.86. The largest absolute Gasteiger partial charge is 0.465 e. The maximum absolute atomic E-state index is 13.8. The second-order valence-electron chi connectivity index (χ2n) is 3.88. The summed E-state index contributed by atoms with van der Waals surface area (Å²) in [5.41, 5.74) is 2.23. The van der Waals surface area contributed by atoms with Crippen LogP contribution in [0.5, 0.6) is 0 Å². The van der Waals surface area contributed by atoms with Crippen LogP contribution < -0.4 is 0 Å². The lowest BCUT2D eigenvalue weighted by Gasteiger charge is -2.08. The molecule has 0 saturated carbocycles. The van der Waals surface area contributed by atoms with E-state index in [9.17, 15) is 9.18 Å². The topological polar surface area (TPSA) is 39.2 Å². The van der Waals surface area contributed by atoms with Crippen molar-refractivity contribution >= 4 is 5.97 Å². The highest BCUT2D eigenvalue weighted by Crippen LogP contribution is 2.26. The van der Waals surface area contributed by atoms with Crippen molar-refractivity contribution in [3.05, 3.63) is 53.6 Å². The zero-order chi connectivity index (χ0) is 13.1. The van der Waals surface area contributed by atoms with Gasteiger partial charge in [0.1, 0.15) is 5.82 Å². The molecule has 2 rings (SSSR count). The minimum absolute atomic E-state index is 0.317. The van der Waals surface area contributed by atoms with Crippen LogP contribution >= 0.6 is 0 Å². The number of hydrogen-bond acceptors (Lipinski definition) is 3. The molecule has 0 saturated heterocycles. The van der Waals surface area contributed by atoms with Gasteiger partial charge in [0.2, 0.25) is 0 Å². The highest BCUT2D eigenvalue weighted by molar-refractivity contribution is 5.91. The van der Waals surface area contributed by atoms with E-state index in [1.165, 1.54) is 25.3 Å². The number of esters is 1. The number of halogens is 1. The van der Waals surface area contributed by atoms with E-state index in [0.29, 0.717) is 16.7 Å². The molecule has 1 heterocycles. The molecule has 0 aliphatic heterocycles. The Kier molecular flexibility index (Phi) is 3.37. The third-order valence-corrected chi connectivity index (χ3v) is 2.72. The van der Waals surface area contributed by atoms with Crippen molar-refractivity contribution < 1.29 is 13.9 Å². The van der Waals surface area contributed by atoms with Crippen LogP contribution in [0.15, 0.2) is 36.7 Å². The smallest absolute Gasteiger partial charge is 0.337 e. The number of pyridine rings is 1. The number of aryl methyl sites for hydroxylation is 1. The Morgan fingerprint density at radius 1 is 1.28 bits per heavy atom. The zero-order valence-electron chi connectivity index (χ0n) is 10.1.